The fraction of sp³-hybridized carbons (Fsp3) is 0.364. The van der Waals surface area contributed by atoms with E-state index in [2.05, 4.69) is 26.0 Å². The van der Waals surface area contributed by atoms with Crippen molar-refractivity contribution in [2.24, 2.45) is 0 Å². The maximum Gasteiger partial charge on any atom is 0.124 e. The fourth-order valence-electron chi connectivity index (χ4n) is 1.18. The Kier molecular flexibility index (Phi) is 3.33. The van der Waals surface area contributed by atoms with Gasteiger partial charge in [-0.05, 0) is 30.5 Å². The summed E-state index contributed by atoms with van der Waals surface area (Å²) in [6.45, 7) is 4.13. The summed E-state index contributed by atoms with van der Waals surface area (Å²) in [5, 5.41) is 8.12. The van der Waals surface area contributed by atoms with Crippen LogP contribution < -0.4 is 0 Å². The number of rotatable bonds is 2. The van der Waals surface area contributed by atoms with Gasteiger partial charge in [-0.2, -0.15) is 5.26 Å². The maximum atomic E-state index is 8.54. The second kappa shape index (κ2) is 4.30. The van der Waals surface area contributed by atoms with Crippen molar-refractivity contribution in [3.63, 3.8) is 0 Å². The molecule has 0 heterocycles. The van der Waals surface area contributed by atoms with Crippen LogP contribution in [-0.4, -0.2) is 5.38 Å². The zero-order chi connectivity index (χ0) is 9.84. The van der Waals surface area contributed by atoms with Crippen LogP contribution >= 0.6 is 11.6 Å². The van der Waals surface area contributed by atoms with E-state index in [-0.39, 0.29) is 0 Å². The van der Waals surface area contributed by atoms with Crippen molar-refractivity contribution in [2.75, 3.05) is 0 Å². The molecular formula is C11H12ClN. The highest BCUT2D eigenvalue weighted by molar-refractivity contribution is 6.22. The summed E-state index contributed by atoms with van der Waals surface area (Å²) in [4.78, 5) is 0. The Labute approximate surface area is 84.0 Å². The molecule has 1 aromatic rings. The zero-order valence-electron chi connectivity index (χ0n) is 7.84. The lowest BCUT2D eigenvalue weighted by atomic mass is 10.0. The average molecular weight is 194 g/mol. The largest absolute Gasteiger partial charge is 0.197 e. The molecule has 1 nitrogen and oxygen atoms in total. The first kappa shape index (κ1) is 10.1. The molecule has 13 heavy (non-hydrogen) atoms. The van der Waals surface area contributed by atoms with Gasteiger partial charge in [-0.1, -0.05) is 18.2 Å². The highest BCUT2D eigenvalue weighted by Crippen LogP contribution is 2.13. The molecule has 0 saturated carbocycles. The molecule has 68 valence electrons. The van der Waals surface area contributed by atoms with E-state index >= 15 is 0 Å². The van der Waals surface area contributed by atoms with Crippen molar-refractivity contribution in [1.29, 1.82) is 5.26 Å². The molecule has 0 aliphatic rings. The van der Waals surface area contributed by atoms with Gasteiger partial charge in [-0.15, -0.1) is 11.6 Å². The van der Waals surface area contributed by atoms with Crippen molar-refractivity contribution < 1.29 is 0 Å². The first-order chi connectivity index (χ1) is 6.13. The van der Waals surface area contributed by atoms with E-state index in [1.54, 1.807) is 0 Å². The van der Waals surface area contributed by atoms with Crippen LogP contribution in [0.4, 0.5) is 0 Å². The quantitative estimate of drug-likeness (QED) is 0.663. The van der Waals surface area contributed by atoms with Gasteiger partial charge in [-0.25, -0.2) is 0 Å². The number of alkyl halides is 1. The van der Waals surface area contributed by atoms with Gasteiger partial charge in [0.2, 0.25) is 0 Å². The first-order valence-electron chi connectivity index (χ1n) is 4.23. The van der Waals surface area contributed by atoms with Crippen LogP contribution in [-0.2, 0) is 6.42 Å². The molecule has 0 fully saturated rings. The van der Waals surface area contributed by atoms with Gasteiger partial charge in [0.15, 0.2) is 0 Å². The number of hydrogen-bond donors (Lipinski definition) is 0. The standard InChI is InChI=1S/C11H12ClN/c1-8-3-4-10(5-9(8)2)6-11(12)7-13/h3-5,11H,6H2,1-2H3. The van der Waals surface area contributed by atoms with Crippen LogP contribution in [0.3, 0.4) is 0 Å². The normalized spacial score (nSPS) is 12.2. The number of nitriles is 1. The van der Waals surface area contributed by atoms with Crippen LogP contribution in [0.15, 0.2) is 18.2 Å². The molecule has 0 aliphatic carbocycles. The summed E-state index contributed by atoms with van der Waals surface area (Å²) >= 11 is 5.73. The second-order valence-corrected chi connectivity index (χ2v) is 3.75. The highest BCUT2D eigenvalue weighted by Gasteiger charge is 2.04. The number of benzene rings is 1. The third-order valence-electron chi connectivity index (χ3n) is 2.13. The molecular weight excluding hydrogens is 182 g/mol. The van der Waals surface area contributed by atoms with Crippen LogP contribution in [0.2, 0.25) is 0 Å². The SMILES string of the molecule is Cc1ccc(CC(Cl)C#N)cc1C. The van der Waals surface area contributed by atoms with E-state index in [1.807, 2.05) is 12.1 Å². The lowest BCUT2D eigenvalue weighted by molar-refractivity contribution is 1.01. The summed E-state index contributed by atoms with van der Waals surface area (Å²) in [6.07, 6.45) is 0.624. The third-order valence-corrected chi connectivity index (χ3v) is 2.38. The van der Waals surface area contributed by atoms with Gasteiger partial charge in [-0.3, -0.25) is 0 Å². The summed E-state index contributed by atoms with van der Waals surface area (Å²) in [7, 11) is 0. The number of nitrogens with zero attached hydrogens (tertiary/aromatic N) is 1. The topological polar surface area (TPSA) is 23.8 Å². The molecule has 2 heteroatoms. The molecule has 1 rings (SSSR count). The fourth-order valence-corrected chi connectivity index (χ4v) is 1.36. The van der Waals surface area contributed by atoms with E-state index < -0.39 is 5.38 Å². The van der Waals surface area contributed by atoms with Gasteiger partial charge >= 0.3 is 0 Å². The minimum absolute atomic E-state index is 0.415. The van der Waals surface area contributed by atoms with Gasteiger partial charge in [0, 0.05) is 6.42 Å². The molecule has 0 N–H and O–H groups in total. The van der Waals surface area contributed by atoms with Crippen molar-refractivity contribution in [3.05, 3.63) is 34.9 Å². The van der Waals surface area contributed by atoms with Gasteiger partial charge in [0.05, 0.1) is 6.07 Å². The Bertz CT molecular complexity index is 338. The summed E-state index contributed by atoms with van der Waals surface area (Å²) < 4.78 is 0. The Morgan fingerprint density at radius 1 is 1.38 bits per heavy atom. The number of aryl methyl sites for hydroxylation is 2. The van der Waals surface area contributed by atoms with Crippen LogP contribution in [0.1, 0.15) is 16.7 Å². The summed E-state index contributed by atoms with van der Waals surface area (Å²) in [5.74, 6) is 0. The lowest BCUT2D eigenvalue weighted by Gasteiger charge is -2.04. The zero-order valence-corrected chi connectivity index (χ0v) is 8.60. The monoisotopic (exact) mass is 193 g/mol. The Hall–Kier alpha value is -1.00. The molecule has 0 amide bonds. The van der Waals surface area contributed by atoms with Gasteiger partial charge in [0.1, 0.15) is 5.38 Å². The Morgan fingerprint density at radius 2 is 2.08 bits per heavy atom. The predicted molar refractivity (Wildman–Crippen MR) is 54.9 cm³/mol. The van der Waals surface area contributed by atoms with E-state index in [0.717, 1.165) is 5.56 Å². The number of hydrogen-bond acceptors (Lipinski definition) is 1. The first-order valence-corrected chi connectivity index (χ1v) is 4.67. The van der Waals surface area contributed by atoms with Gasteiger partial charge < -0.3 is 0 Å². The van der Waals surface area contributed by atoms with E-state index in [9.17, 15) is 0 Å². The third kappa shape index (κ3) is 2.75. The van der Waals surface area contributed by atoms with Crippen LogP contribution in [0.5, 0.6) is 0 Å². The van der Waals surface area contributed by atoms with Crippen molar-refractivity contribution in [1.82, 2.24) is 0 Å². The average Bonchev–Trinajstić information content (AvgIpc) is 2.11. The van der Waals surface area contributed by atoms with Crippen LogP contribution in [0, 0.1) is 25.2 Å². The predicted octanol–water partition coefficient (Wildman–Crippen LogP) is 2.98. The Morgan fingerprint density at radius 3 is 2.62 bits per heavy atom. The van der Waals surface area contributed by atoms with E-state index in [4.69, 9.17) is 16.9 Å². The van der Waals surface area contributed by atoms with Crippen molar-refractivity contribution >= 4 is 11.6 Å². The van der Waals surface area contributed by atoms with E-state index in [1.165, 1.54) is 11.1 Å². The molecule has 0 bridgehead atoms. The molecule has 1 aromatic carbocycles. The van der Waals surface area contributed by atoms with Gasteiger partial charge in [0.25, 0.3) is 0 Å². The summed E-state index contributed by atoms with van der Waals surface area (Å²) in [6, 6.07) is 8.18. The minimum Gasteiger partial charge on any atom is -0.197 e. The molecule has 1 unspecified atom stereocenters. The lowest BCUT2D eigenvalue weighted by Crippen LogP contribution is -1.99. The number of halogens is 1. The maximum absolute atomic E-state index is 8.54. The molecule has 0 spiro atoms. The smallest absolute Gasteiger partial charge is 0.124 e. The van der Waals surface area contributed by atoms with Crippen molar-refractivity contribution in [2.45, 2.75) is 25.6 Å². The molecule has 0 radical (unpaired) electrons. The minimum atomic E-state index is -0.415. The highest BCUT2D eigenvalue weighted by atomic mass is 35.5. The molecule has 0 aromatic heterocycles. The molecule has 0 saturated heterocycles. The molecule has 0 aliphatic heterocycles. The van der Waals surface area contributed by atoms with Crippen molar-refractivity contribution in [3.8, 4) is 6.07 Å². The molecule has 1 atom stereocenters. The summed E-state index contributed by atoms with van der Waals surface area (Å²) in [5.41, 5.74) is 3.65. The van der Waals surface area contributed by atoms with Crippen LogP contribution in [0.25, 0.3) is 0 Å². The Balaban J connectivity index is 2.81. The second-order valence-electron chi connectivity index (χ2n) is 3.22. The van der Waals surface area contributed by atoms with E-state index in [0.29, 0.717) is 6.42 Å².